The summed E-state index contributed by atoms with van der Waals surface area (Å²) in [5.41, 5.74) is 1.62. The largest absolute Gasteiger partial charge is 0.361 e. The zero-order valence-electron chi connectivity index (χ0n) is 10.8. The molecule has 0 aromatic carbocycles. The second kappa shape index (κ2) is 4.49. The summed E-state index contributed by atoms with van der Waals surface area (Å²) >= 11 is 5.88. The zero-order valence-corrected chi connectivity index (χ0v) is 11.6. The van der Waals surface area contributed by atoms with Gasteiger partial charge in [0.1, 0.15) is 16.7 Å². The average Bonchev–Trinajstić information content (AvgIpc) is 3.13. The molecule has 5 nitrogen and oxygen atoms in total. The van der Waals surface area contributed by atoms with Crippen molar-refractivity contribution in [2.75, 3.05) is 0 Å². The standard InChI is InChI=1S/C13H14ClN3O2/c1-7-10(8(2)19-16-7)6-17-12(18)5-11(14)15-13(17)9-3-4-9/h5,9H,3-4,6H2,1-2H3. The third-order valence-corrected chi connectivity index (χ3v) is 3.64. The van der Waals surface area contributed by atoms with E-state index in [2.05, 4.69) is 10.1 Å². The Hall–Kier alpha value is -1.62. The Morgan fingerprint density at radius 3 is 2.79 bits per heavy atom. The van der Waals surface area contributed by atoms with E-state index in [0.717, 1.165) is 35.7 Å². The van der Waals surface area contributed by atoms with Gasteiger partial charge in [0.25, 0.3) is 5.56 Å². The lowest BCUT2D eigenvalue weighted by Gasteiger charge is -2.11. The Morgan fingerprint density at radius 1 is 1.47 bits per heavy atom. The molecule has 1 saturated carbocycles. The van der Waals surface area contributed by atoms with E-state index in [0.29, 0.717) is 12.5 Å². The van der Waals surface area contributed by atoms with E-state index >= 15 is 0 Å². The van der Waals surface area contributed by atoms with Crippen molar-refractivity contribution in [3.8, 4) is 0 Å². The SMILES string of the molecule is Cc1noc(C)c1Cn1c(C2CC2)nc(Cl)cc1=O. The van der Waals surface area contributed by atoms with Crippen molar-refractivity contribution in [2.45, 2.75) is 39.2 Å². The molecule has 2 heterocycles. The van der Waals surface area contributed by atoms with E-state index in [4.69, 9.17) is 16.1 Å². The van der Waals surface area contributed by atoms with Crippen LogP contribution in [0.1, 0.15) is 41.6 Å². The van der Waals surface area contributed by atoms with Gasteiger partial charge in [0.05, 0.1) is 12.2 Å². The Balaban J connectivity index is 2.07. The van der Waals surface area contributed by atoms with E-state index in [1.54, 1.807) is 4.57 Å². The molecule has 1 aliphatic carbocycles. The summed E-state index contributed by atoms with van der Waals surface area (Å²) < 4.78 is 6.81. The van der Waals surface area contributed by atoms with Gasteiger partial charge in [0.2, 0.25) is 0 Å². The first kappa shape index (κ1) is 12.4. The molecule has 100 valence electrons. The maximum atomic E-state index is 12.1. The molecule has 0 radical (unpaired) electrons. The topological polar surface area (TPSA) is 60.9 Å². The molecule has 0 unspecified atom stereocenters. The first-order chi connectivity index (χ1) is 9.06. The van der Waals surface area contributed by atoms with Crippen molar-refractivity contribution in [2.24, 2.45) is 0 Å². The molecule has 0 bridgehead atoms. The molecule has 19 heavy (non-hydrogen) atoms. The molecular formula is C13H14ClN3O2. The number of aromatic nitrogens is 3. The summed E-state index contributed by atoms with van der Waals surface area (Å²) in [6.07, 6.45) is 2.13. The summed E-state index contributed by atoms with van der Waals surface area (Å²) in [7, 11) is 0. The van der Waals surface area contributed by atoms with Crippen LogP contribution < -0.4 is 5.56 Å². The van der Waals surface area contributed by atoms with E-state index in [9.17, 15) is 4.79 Å². The zero-order chi connectivity index (χ0) is 13.6. The number of hydrogen-bond donors (Lipinski definition) is 0. The number of rotatable bonds is 3. The smallest absolute Gasteiger partial charge is 0.255 e. The molecule has 6 heteroatoms. The maximum Gasteiger partial charge on any atom is 0.255 e. The van der Waals surface area contributed by atoms with Crippen molar-refractivity contribution in [3.05, 3.63) is 44.4 Å². The van der Waals surface area contributed by atoms with Gasteiger partial charge in [-0.05, 0) is 26.7 Å². The Morgan fingerprint density at radius 2 is 2.21 bits per heavy atom. The molecule has 0 saturated heterocycles. The monoisotopic (exact) mass is 279 g/mol. The molecule has 0 N–H and O–H groups in total. The van der Waals surface area contributed by atoms with Crippen LogP contribution in [0.4, 0.5) is 0 Å². The quantitative estimate of drug-likeness (QED) is 0.810. The number of aryl methyl sites for hydroxylation is 2. The molecule has 2 aromatic heterocycles. The van der Waals surface area contributed by atoms with Crippen LogP contribution >= 0.6 is 11.6 Å². The van der Waals surface area contributed by atoms with Gasteiger partial charge in [-0.1, -0.05) is 16.8 Å². The minimum absolute atomic E-state index is 0.123. The highest BCUT2D eigenvalue weighted by Gasteiger charge is 2.29. The van der Waals surface area contributed by atoms with Gasteiger partial charge in [-0.2, -0.15) is 0 Å². The second-order valence-corrected chi connectivity index (χ2v) is 5.33. The van der Waals surface area contributed by atoms with Crippen LogP contribution in [0.2, 0.25) is 5.15 Å². The fourth-order valence-electron chi connectivity index (χ4n) is 2.19. The second-order valence-electron chi connectivity index (χ2n) is 4.94. The van der Waals surface area contributed by atoms with Gasteiger partial charge in [0, 0.05) is 17.5 Å². The minimum Gasteiger partial charge on any atom is -0.361 e. The summed E-state index contributed by atoms with van der Waals surface area (Å²) in [6.45, 7) is 4.16. The summed E-state index contributed by atoms with van der Waals surface area (Å²) in [4.78, 5) is 16.4. The molecule has 0 amide bonds. The molecule has 0 spiro atoms. The van der Waals surface area contributed by atoms with Crippen LogP contribution in [-0.4, -0.2) is 14.7 Å². The van der Waals surface area contributed by atoms with Crippen LogP contribution in [0, 0.1) is 13.8 Å². The fraction of sp³-hybridized carbons (Fsp3) is 0.462. The van der Waals surface area contributed by atoms with Gasteiger partial charge in [-0.25, -0.2) is 4.98 Å². The van der Waals surface area contributed by atoms with Crippen LogP contribution in [0.3, 0.4) is 0 Å². The normalized spacial score (nSPS) is 14.9. The third kappa shape index (κ3) is 2.30. The lowest BCUT2D eigenvalue weighted by atomic mass is 10.2. The van der Waals surface area contributed by atoms with Gasteiger partial charge in [-0.3, -0.25) is 9.36 Å². The lowest BCUT2D eigenvalue weighted by Crippen LogP contribution is -2.25. The number of hydrogen-bond acceptors (Lipinski definition) is 4. The first-order valence-corrected chi connectivity index (χ1v) is 6.63. The Kier molecular flexibility index (Phi) is 2.93. The van der Waals surface area contributed by atoms with Crippen LogP contribution in [0.15, 0.2) is 15.4 Å². The Bertz CT molecular complexity index is 666. The van der Waals surface area contributed by atoms with Gasteiger partial charge in [0.15, 0.2) is 0 Å². The van der Waals surface area contributed by atoms with Gasteiger partial charge >= 0.3 is 0 Å². The van der Waals surface area contributed by atoms with Crippen molar-refractivity contribution >= 4 is 11.6 Å². The first-order valence-electron chi connectivity index (χ1n) is 6.25. The molecule has 1 aliphatic rings. The minimum atomic E-state index is -0.123. The summed E-state index contributed by atoms with van der Waals surface area (Å²) in [5, 5.41) is 4.18. The van der Waals surface area contributed by atoms with Gasteiger partial charge < -0.3 is 4.52 Å². The maximum absolute atomic E-state index is 12.1. The van der Waals surface area contributed by atoms with Crippen LogP contribution in [-0.2, 0) is 6.54 Å². The predicted octanol–water partition coefficient (Wildman–Crippen LogP) is 2.43. The highest BCUT2D eigenvalue weighted by atomic mass is 35.5. The highest BCUT2D eigenvalue weighted by molar-refractivity contribution is 6.29. The molecule has 0 aliphatic heterocycles. The predicted molar refractivity (Wildman–Crippen MR) is 70.6 cm³/mol. The van der Waals surface area contributed by atoms with Crippen molar-refractivity contribution in [1.82, 2.24) is 14.7 Å². The molecular weight excluding hydrogens is 266 g/mol. The fourth-order valence-corrected chi connectivity index (χ4v) is 2.37. The number of halogens is 1. The van der Waals surface area contributed by atoms with Crippen LogP contribution in [0.25, 0.3) is 0 Å². The average molecular weight is 280 g/mol. The van der Waals surface area contributed by atoms with Gasteiger partial charge in [-0.15, -0.1) is 0 Å². The lowest BCUT2D eigenvalue weighted by molar-refractivity contribution is 0.392. The molecule has 0 atom stereocenters. The third-order valence-electron chi connectivity index (χ3n) is 3.45. The van der Waals surface area contributed by atoms with Crippen molar-refractivity contribution < 1.29 is 4.52 Å². The van der Waals surface area contributed by atoms with E-state index in [1.165, 1.54) is 6.07 Å². The number of nitrogens with zero attached hydrogens (tertiary/aromatic N) is 3. The van der Waals surface area contributed by atoms with E-state index in [1.807, 2.05) is 13.8 Å². The molecule has 2 aromatic rings. The van der Waals surface area contributed by atoms with Crippen LogP contribution in [0.5, 0.6) is 0 Å². The van der Waals surface area contributed by atoms with Crippen molar-refractivity contribution in [1.29, 1.82) is 0 Å². The van der Waals surface area contributed by atoms with Crippen molar-refractivity contribution in [3.63, 3.8) is 0 Å². The van der Waals surface area contributed by atoms with E-state index < -0.39 is 0 Å². The molecule has 1 fully saturated rings. The van der Waals surface area contributed by atoms with E-state index in [-0.39, 0.29) is 10.7 Å². The molecule has 3 rings (SSSR count). The summed E-state index contributed by atoms with van der Waals surface area (Å²) in [6, 6.07) is 1.35. The summed E-state index contributed by atoms with van der Waals surface area (Å²) in [5.74, 6) is 1.87. The Labute approximate surface area is 115 Å². The highest BCUT2D eigenvalue weighted by Crippen LogP contribution is 2.39.